The standard InChI is InChI=1S/C20H23N3O6/c24-15(25)11-21-19(27)16-17(26)14-8-7-13(12-5-1-2-6-12)22(14)20(9-3-4-10-20)18(16)23(28)29/h7-8,12H,1-6,9-11H2,(H,21,27)(H,24,25). The highest BCUT2D eigenvalue weighted by Crippen LogP contribution is 2.50. The van der Waals surface area contributed by atoms with E-state index in [2.05, 4.69) is 5.32 Å². The third-order valence-corrected chi connectivity index (χ3v) is 6.49. The van der Waals surface area contributed by atoms with E-state index in [1.54, 1.807) is 6.07 Å². The van der Waals surface area contributed by atoms with E-state index in [-0.39, 0.29) is 11.6 Å². The minimum absolute atomic E-state index is 0.254. The number of ketones is 1. The molecule has 0 unspecified atom stereocenters. The maximum absolute atomic E-state index is 13.2. The van der Waals surface area contributed by atoms with E-state index < -0.39 is 40.2 Å². The van der Waals surface area contributed by atoms with Crippen molar-refractivity contribution >= 4 is 17.7 Å². The van der Waals surface area contributed by atoms with Gasteiger partial charge in [0.05, 0.1) is 10.6 Å². The Bertz CT molecular complexity index is 932. The van der Waals surface area contributed by atoms with Crippen LogP contribution in [0.2, 0.25) is 0 Å². The molecule has 3 aliphatic rings. The van der Waals surface area contributed by atoms with Gasteiger partial charge in [-0.1, -0.05) is 25.7 Å². The first-order valence-electron chi connectivity index (χ1n) is 10.0. The van der Waals surface area contributed by atoms with Crippen molar-refractivity contribution in [1.82, 2.24) is 9.88 Å². The predicted molar refractivity (Wildman–Crippen MR) is 101 cm³/mol. The fraction of sp³-hybridized carbons (Fsp3) is 0.550. The summed E-state index contributed by atoms with van der Waals surface area (Å²) < 4.78 is 1.85. The van der Waals surface area contributed by atoms with Gasteiger partial charge in [-0.3, -0.25) is 24.5 Å². The second-order valence-electron chi connectivity index (χ2n) is 8.09. The molecule has 1 aliphatic heterocycles. The molecule has 0 saturated heterocycles. The van der Waals surface area contributed by atoms with Crippen molar-refractivity contribution in [3.05, 3.63) is 44.9 Å². The van der Waals surface area contributed by atoms with Crippen molar-refractivity contribution < 1.29 is 24.4 Å². The van der Waals surface area contributed by atoms with Crippen LogP contribution in [0.3, 0.4) is 0 Å². The van der Waals surface area contributed by atoms with Crippen molar-refractivity contribution in [3.8, 4) is 0 Å². The molecule has 1 spiro atoms. The van der Waals surface area contributed by atoms with Gasteiger partial charge in [-0.15, -0.1) is 0 Å². The van der Waals surface area contributed by atoms with Crippen LogP contribution in [-0.4, -0.2) is 38.8 Å². The number of carboxylic acid groups (broad SMARTS) is 1. The number of aromatic nitrogens is 1. The van der Waals surface area contributed by atoms with Crippen LogP contribution in [0.1, 0.15) is 73.5 Å². The molecule has 2 fully saturated rings. The lowest BCUT2D eigenvalue weighted by Gasteiger charge is -2.36. The van der Waals surface area contributed by atoms with Gasteiger partial charge >= 0.3 is 5.97 Å². The molecule has 2 saturated carbocycles. The van der Waals surface area contributed by atoms with Gasteiger partial charge in [-0.05, 0) is 43.7 Å². The highest BCUT2D eigenvalue weighted by Gasteiger charge is 2.56. The van der Waals surface area contributed by atoms with Gasteiger partial charge in [0.2, 0.25) is 5.78 Å². The number of carboxylic acids is 1. The number of hydrogen-bond acceptors (Lipinski definition) is 5. The number of carbonyl (C=O) groups is 3. The number of allylic oxidation sites excluding steroid dienone is 1. The quantitative estimate of drug-likeness (QED) is 0.442. The SMILES string of the molecule is O=C(O)CNC(=O)C1=C([N+](=O)[O-])C2(CCCC2)n2c(ccc2C2CCCC2)C1=O. The van der Waals surface area contributed by atoms with Gasteiger partial charge in [-0.2, -0.15) is 0 Å². The average Bonchev–Trinajstić information content (AvgIpc) is 3.42. The lowest BCUT2D eigenvalue weighted by Crippen LogP contribution is -2.47. The van der Waals surface area contributed by atoms with Gasteiger partial charge in [0.1, 0.15) is 12.1 Å². The largest absolute Gasteiger partial charge is 0.480 e. The summed E-state index contributed by atoms with van der Waals surface area (Å²) in [5, 5.41) is 23.1. The van der Waals surface area contributed by atoms with Crippen molar-refractivity contribution in [2.24, 2.45) is 0 Å². The van der Waals surface area contributed by atoms with E-state index in [0.29, 0.717) is 18.5 Å². The number of amides is 1. The Morgan fingerprint density at radius 2 is 1.86 bits per heavy atom. The monoisotopic (exact) mass is 401 g/mol. The van der Waals surface area contributed by atoms with Crippen LogP contribution in [0.15, 0.2) is 23.4 Å². The number of rotatable bonds is 5. The van der Waals surface area contributed by atoms with Crippen LogP contribution in [0, 0.1) is 10.1 Å². The summed E-state index contributed by atoms with van der Waals surface area (Å²) >= 11 is 0. The molecule has 0 aromatic carbocycles. The number of carbonyl (C=O) groups excluding carboxylic acids is 2. The zero-order chi connectivity index (χ0) is 20.8. The molecule has 2 N–H and O–H groups in total. The molecule has 9 nitrogen and oxygen atoms in total. The third kappa shape index (κ3) is 2.95. The molecule has 1 amide bonds. The summed E-state index contributed by atoms with van der Waals surface area (Å²) in [6.07, 6.45) is 6.63. The van der Waals surface area contributed by atoms with Crippen LogP contribution in [-0.2, 0) is 15.1 Å². The van der Waals surface area contributed by atoms with Gasteiger partial charge in [0.25, 0.3) is 11.6 Å². The summed E-state index contributed by atoms with van der Waals surface area (Å²) in [6, 6.07) is 3.54. The van der Waals surface area contributed by atoms with E-state index in [1.807, 2.05) is 10.6 Å². The fourth-order valence-corrected chi connectivity index (χ4v) is 5.36. The van der Waals surface area contributed by atoms with Gasteiger partial charge in [0.15, 0.2) is 5.57 Å². The zero-order valence-corrected chi connectivity index (χ0v) is 16.0. The number of nitrogens with one attached hydrogen (secondary N) is 1. The Morgan fingerprint density at radius 3 is 2.45 bits per heavy atom. The highest BCUT2D eigenvalue weighted by molar-refractivity contribution is 6.26. The van der Waals surface area contributed by atoms with E-state index in [0.717, 1.165) is 44.2 Å². The maximum atomic E-state index is 13.2. The Morgan fingerprint density at radius 1 is 1.21 bits per heavy atom. The molecule has 29 heavy (non-hydrogen) atoms. The number of nitrogens with zero attached hydrogens (tertiary/aromatic N) is 2. The molecular formula is C20H23N3O6. The lowest BCUT2D eigenvalue weighted by molar-refractivity contribution is -0.440. The smallest absolute Gasteiger partial charge is 0.322 e. The van der Waals surface area contributed by atoms with Crippen LogP contribution >= 0.6 is 0 Å². The molecular weight excluding hydrogens is 378 g/mol. The molecule has 1 aromatic rings. The Kier molecular flexibility index (Phi) is 4.76. The highest BCUT2D eigenvalue weighted by atomic mass is 16.6. The third-order valence-electron chi connectivity index (χ3n) is 6.49. The van der Waals surface area contributed by atoms with Crippen LogP contribution in [0.25, 0.3) is 0 Å². The second kappa shape index (κ2) is 7.13. The zero-order valence-electron chi connectivity index (χ0n) is 16.0. The molecule has 2 heterocycles. The Balaban J connectivity index is 1.90. The normalized spacial score (nSPS) is 20.9. The number of aliphatic carboxylic acids is 1. The minimum atomic E-state index is -1.28. The van der Waals surface area contributed by atoms with Crippen molar-refractivity contribution in [1.29, 1.82) is 0 Å². The molecule has 0 radical (unpaired) electrons. The lowest BCUT2D eigenvalue weighted by atomic mass is 9.83. The first kappa shape index (κ1) is 19.4. The molecule has 1 aromatic heterocycles. The average molecular weight is 401 g/mol. The first-order chi connectivity index (χ1) is 13.9. The van der Waals surface area contributed by atoms with E-state index in [1.165, 1.54) is 0 Å². The van der Waals surface area contributed by atoms with E-state index in [9.17, 15) is 24.5 Å². The summed E-state index contributed by atoms with van der Waals surface area (Å²) in [6.45, 7) is -0.706. The second-order valence-corrected chi connectivity index (χ2v) is 8.09. The summed E-state index contributed by atoms with van der Waals surface area (Å²) in [5.74, 6) is -2.73. The molecule has 4 rings (SSSR count). The topological polar surface area (TPSA) is 132 Å². The number of fused-ring (bicyclic) bond motifs is 2. The van der Waals surface area contributed by atoms with Crippen molar-refractivity contribution in [2.45, 2.75) is 62.8 Å². The number of hydrogen-bond donors (Lipinski definition) is 2. The van der Waals surface area contributed by atoms with Crippen LogP contribution in [0.4, 0.5) is 0 Å². The molecule has 9 heteroatoms. The summed E-state index contributed by atoms with van der Waals surface area (Å²) in [7, 11) is 0. The number of Topliss-reactive ketones (excluding diaryl/α,β-unsaturated/α-hetero) is 1. The Labute approximate surface area is 166 Å². The van der Waals surface area contributed by atoms with E-state index in [4.69, 9.17) is 5.11 Å². The van der Waals surface area contributed by atoms with Crippen molar-refractivity contribution in [2.75, 3.05) is 6.54 Å². The fourth-order valence-electron chi connectivity index (χ4n) is 5.36. The van der Waals surface area contributed by atoms with Crippen LogP contribution < -0.4 is 5.32 Å². The minimum Gasteiger partial charge on any atom is -0.480 e. The van der Waals surface area contributed by atoms with Crippen molar-refractivity contribution in [3.63, 3.8) is 0 Å². The summed E-state index contributed by atoms with van der Waals surface area (Å²) in [4.78, 5) is 48.2. The Hall–Kier alpha value is -2.97. The number of nitro groups is 1. The van der Waals surface area contributed by atoms with Gasteiger partial charge in [-0.25, -0.2) is 0 Å². The van der Waals surface area contributed by atoms with Crippen LogP contribution in [0.5, 0.6) is 0 Å². The summed E-state index contributed by atoms with van der Waals surface area (Å²) in [5.41, 5.74) is -0.714. The first-order valence-corrected chi connectivity index (χ1v) is 10.0. The maximum Gasteiger partial charge on any atom is 0.322 e. The van der Waals surface area contributed by atoms with Gasteiger partial charge < -0.3 is 15.0 Å². The van der Waals surface area contributed by atoms with E-state index >= 15 is 0 Å². The molecule has 154 valence electrons. The predicted octanol–water partition coefficient (Wildman–Crippen LogP) is 2.34. The molecule has 0 bridgehead atoms. The van der Waals surface area contributed by atoms with Gasteiger partial charge in [0, 0.05) is 5.69 Å². The molecule has 2 aliphatic carbocycles. The molecule has 0 atom stereocenters.